The van der Waals surface area contributed by atoms with Gasteiger partial charge in [0.15, 0.2) is 5.75 Å². The van der Waals surface area contributed by atoms with Gasteiger partial charge in [-0.2, -0.15) is 5.10 Å². The molecule has 0 spiro atoms. The average Bonchev–Trinajstić information content (AvgIpc) is 2.43. The van der Waals surface area contributed by atoms with Gasteiger partial charge >= 0.3 is 0 Å². The van der Waals surface area contributed by atoms with Crippen molar-refractivity contribution >= 4 is 0 Å². The van der Waals surface area contributed by atoms with Crippen molar-refractivity contribution in [3.63, 3.8) is 0 Å². The van der Waals surface area contributed by atoms with Gasteiger partial charge in [-0.05, 0) is 7.05 Å². The van der Waals surface area contributed by atoms with E-state index in [1.165, 1.54) is 0 Å². The summed E-state index contributed by atoms with van der Waals surface area (Å²) in [7, 11) is 5.52. The third-order valence-corrected chi connectivity index (χ3v) is 1.85. The predicted molar refractivity (Wildman–Crippen MR) is 47.4 cm³/mol. The van der Waals surface area contributed by atoms with Crippen molar-refractivity contribution in [3.8, 4) is 5.75 Å². The highest BCUT2D eigenvalue weighted by Gasteiger charge is 2.06. The molecular formula is C8H15N3O. The lowest BCUT2D eigenvalue weighted by Gasteiger charge is -2.03. The van der Waals surface area contributed by atoms with Crippen molar-refractivity contribution in [2.45, 2.75) is 6.42 Å². The Morgan fingerprint density at radius 1 is 1.67 bits per heavy atom. The molecule has 1 rings (SSSR count). The first kappa shape index (κ1) is 9.06. The van der Waals surface area contributed by atoms with E-state index in [2.05, 4.69) is 10.4 Å². The first-order chi connectivity index (χ1) is 5.79. The highest BCUT2D eigenvalue weighted by Crippen LogP contribution is 2.15. The summed E-state index contributed by atoms with van der Waals surface area (Å²) in [6.45, 7) is 0.940. The molecule has 0 radical (unpaired) electrons. The Morgan fingerprint density at radius 2 is 2.42 bits per heavy atom. The maximum Gasteiger partial charge on any atom is 0.159 e. The van der Waals surface area contributed by atoms with E-state index < -0.39 is 0 Å². The van der Waals surface area contributed by atoms with Crippen molar-refractivity contribution in [3.05, 3.63) is 11.9 Å². The fourth-order valence-corrected chi connectivity index (χ4v) is 1.14. The van der Waals surface area contributed by atoms with E-state index in [4.69, 9.17) is 4.74 Å². The molecule has 1 aromatic heterocycles. The number of likely N-dealkylation sites (N-methyl/N-ethyl adjacent to an activating group) is 1. The second-order valence-electron chi connectivity index (χ2n) is 2.64. The van der Waals surface area contributed by atoms with E-state index in [-0.39, 0.29) is 0 Å². The van der Waals surface area contributed by atoms with E-state index in [0.29, 0.717) is 0 Å². The highest BCUT2D eigenvalue weighted by atomic mass is 16.5. The molecule has 0 aliphatic rings. The Hall–Kier alpha value is -1.03. The number of methoxy groups -OCH3 is 1. The van der Waals surface area contributed by atoms with Crippen molar-refractivity contribution < 1.29 is 4.74 Å². The number of nitrogens with zero attached hydrogens (tertiary/aromatic N) is 2. The Bertz CT molecular complexity index is 244. The lowest BCUT2D eigenvalue weighted by molar-refractivity contribution is 0.408. The van der Waals surface area contributed by atoms with Crippen LogP contribution >= 0.6 is 0 Å². The third kappa shape index (κ3) is 1.76. The van der Waals surface area contributed by atoms with Crippen LogP contribution in [0.25, 0.3) is 0 Å². The number of rotatable bonds is 4. The molecule has 68 valence electrons. The zero-order valence-corrected chi connectivity index (χ0v) is 7.79. The van der Waals surface area contributed by atoms with Crippen molar-refractivity contribution in [2.75, 3.05) is 20.7 Å². The molecule has 0 aromatic carbocycles. The molecule has 0 aliphatic heterocycles. The smallest absolute Gasteiger partial charge is 0.159 e. The Morgan fingerprint density at radius 3 is 3.00 bits per heavy atom. The van der Waals surface area contributed by atoms with Gasteiger partial charge < -0.3 is 10.1 Å². The van der Waals surface area contributed by atoms with Gasteiger partial charge in [-0.25, -0.2) is 0 Å². The van der Waals surface area contributed by atoms with Crippen LogP contribution in [-0.4, -0.2) is 30.5 Å². The summed E-state index contributed by atoms with van der Waals surface area (Å²) in [5, 5.41) is 7.19. The molecule has 0 aliphatic carbocycles. The summed E-state index contributed by atoms with van der Waals surface area (Å²) in [6.07, 6.45) is 2.68. The van der Waals surface area contributed by atoms with Crippen LogP contribution in [0.3, 0.4) is 0 Å². The van der Waals surface area contributed by atoms with Crippen molar-refractivity contribution in [1.29, 1.82) is 0 Å². The molecule has 4 heteroatoms. The van der Waals surface area contributed by atoms with E-state index >= 15 is 0 Å². The van der Waals surface area contributed by atoms with Gasteiger partial charge in [-0.3, -0.25) is 4.68 Å². The monoisotopic (exact) mass is 169 g/mol. The molecule has 0 saturated heterocycles. The minimum Gasteiger partial charge on any atom is -0.493 e. The lowest BCUT2D eigenvalue weighted by atomic mass is 10.3. The first-order valence-electron chi connectivity index (χ1n) is 3.99. The van der Waals surface area contributed by atoms with Crippen LogP contribution in [0.15, 0.2) is 6.20 Å². The van der Waals surface area contributed by atoms with Gasteiger partial charge in [0.25, 0.3) is 0 Å². The average molecular weight is 169 g/mol. The number of aryl methyl sites for hydroxylation is 1. The molecule has 1 N–H and O–H groups in total. The molecule has 0 unspecified atom stereocenters. The summed E-state index contributed by atoms with van der Waals surface area (Å²) < 4.78 is 7.00. The summed E-state index contributed by atoms with van der Waals surface area (Å²) in [5.74, 6) is 0.868. The molecule has 1 heterocycles. The molecular weight excluding hydrogens is 154 g/mol. The first-order valence-corrected chi connectivity index (χ1v) is 3.99. The SMILES string of the molecule is CNCCc1c(OC)cnn1C. The summed E-state index contributed by atoms with van der Waals surface area (Å²) >= 11 is 0. The zero-order chi connectivity index (χ0) is 8.97. The largest absolute Gasteiger partial charge is 0.493 e. The second-order valence-corrected chi connectivity index (χ2v) is 2.64. The van der Waals surface area contributed by atoms with E-state index in [1.807, 2.05) is 18.8 Å². The van der Waals surface area contributed by atoms with Crippen LogP contribution in [0.1, 0.15) is 5.69 Å². The van der Waals surface area contributed by atoms with Crippen LogP contribution in [0.2, 0.25) is 0 Å². The van der Waals surface area contributed by atoms with E-state index in [1.54, 1.807) is 13.3 Å². The highest BCUT2D eigenvalue weighted by molar-refractivity contribution is 5.25. The molecule has 0 bridgehead atoms. The molecule has 0 saturated carbocycles. The number of aromatic nitrogens is 2. The maximum absolute atomic E-state index is 5.15. The topological polar surface area (TPSA) is 39.1 Å². The molecule has 0 fully saturated rings. The summed E-state index contributed by atoms with van der Waals surface area (Å²) in [4.78, 5) is 0. The zero-order valence-electron chi connectivity index (χ0n) is 7.79. The summed E-state index contributed by atoms with van der Waals surface area (Å²) in [5.41, 5.74) is 1.13. The third-order valence-electron chi connectivity index (χ3n) is 1.85. The van der Waals surface area contributed by atoms with Crippen LogP contribution < -0.4 is 10.1 Å². The Kier molecular flexibility index (Phi) is 3.10. The normalized spacial score (nSPS) is 10.2. The lowest BCUT2D eigenvalue weighted by Crippen LogP contribution is -2.13. The quantitative estimate of drug-likeness (QED) is 0.699. The van der Waals surface area contributed by atoms with Crippen LogP contribution in [-0.2, 0) is 13.5 Å². The number of hydrogen-bond donors (Lipinski definition) is 1. The maximum atomic E-state index is 5.15. The fourth-order valence-electron chi connectivity index (χ4n) is 1.14. The second kappa shape index (κ2) is 4.11. The predicted octanol–water partition coefficient (Wildman–Crippen LogP) is 0.191. The Balaban J connectivity index is 2.72. The van der Waals surface area contributed by atoms with Crippen molar-refractivity contribution in [2.24, 2.45) is 7.05 Å². The van der Waals surface area contributed by atoms with Crippen LogP contribution in [0, 0.1) is 0 Å². The molecule has 12 heavy (non-hydrogen) atoms. The van der Waals surface area contributed by atoms with Gasteiger partial charge in [0, 0.05) is 20.0 Å². The number of ether oxygens (including phenoxy) is 1. The van der Waals surface area contributed by atoms with Crippen LogP contribution in [0.4, 0.5) is 0 Å². The molecule has 0 amide bonds. The minimum atomic E-state index is 0.868. The molecule has 4 nitrogen and oxygen atoms in total. The van der Waals surface area contributed by atoms with Gasteiger partial charge in [0.05, 0.1) is 19.0 Å². The molecule has 0 atom stereocenters. The van der Waals surface area contributed by atoms with Gasteiger partial charge in [-0.1, -0.05) is 0 Å². The summed E-state index contributed by atoms with van der Waals surface area (Å²) in [6, 6.07) is 0. The van der Waals surface area contributed by atoms with E-state index in [0.717, 1.165) is 24.4 Å². The standard InChI is InChI=1S/C8H15N3O/c1-9-5-4-7-8(12-3)6-10-11(7)2/h6,9H,4-5H2,1-3H3. The van der Waals surface area contributed by atoms with E-state index in [9.17, 15) is 0 Å². The number of nitrogens with one attached hydrogen (secondary N) is 1. The fraction of sp³-hybridized carbons (Fsp3) is 0.625. The minimum absolute atomic E-state index is 0.868. The Labute approximate surface area is 72.5 Å². The molecule has 1 aromatic rings. The van der Waals surface area contributed by atoms with Crippen molar-refractivity contribution in [1.82, 2.24) is 15.1 Å². The van der Waals surface area contributed by atoms with Crippen LogP contribution in [0.5, 0.6) is 5.75 Å². The van der Waals surface area contributed by atoms with Gasteiger partial charge in [-0.15, -0.1) is 0 Å². The van der Waals surface area contributed by atoms with Gasteiger partial charge in [0.1, 0.15) is 0 Å². The van der Waals surface area contributed by atoms with Gasteiger partial charge in [0.2, 0.25) is 0 Å². The number of hydrogen-bond acceptors (Lipinski definition) is 3.